The third-order valence-electron chi connectivity index (χ3n) is 3.37. The van der Waals surface area contributed by atoms with E-state index < -0.39 is 0 Å². The van der Waals surface area contributed by atoms with Crippen molar-refractivity contribution in [3.63, 3.8) is 0 Å². The number of nitrogens with zero attached hydrogens (tertiary/aromatic N) is 3. The highest BCUT2D eigenvalue weighted by Crippen LogP contribution is 2.30. The van der Waals surface area contributed by atoms with Crippen molar-refractivity contribution in [3.05, 3.63) is 35.9 Å². The first kappa shape index (κ1) is 15.3. The molecule has 0 radical (unpaired) electrons. The Morgan fingerprint density at radius 1 is 1.19 bits per heavy atom. The van der Waals surface area contributed by atoms with Crippen molar-refractivity contribution >= 4 is 0 Å². The molecule has 1 atom stereocenters. The van der Waals surface area contributed by atoms with Gasteiger partial charge in [0, 0.05) is 18.5 Å². The molecule has 0 fully saturated rings. The molecular weight excluding hydrogens is 268 g/mol. The van der Waals surface area contributed by atoms with Gasteiger partial charge in [-0.1, -0.05) is 6.07 Å². The summed E-state index contributed by atoms with van der Waals surface area (Å²) in [4.78, 5) is 4.30. The molecule has 2 N–H and O–H groups in total. The number of hydrogen-bond donors (Lipinski definition) is 1. The van der Waals surface area contributed by atoms with Crippen LogP contribution in [0.5, 0.6) is 11.5 Å². The number of methoxy groups -OCH3 is 2. The SMILES string of the molecule is COc1ccc(C(N)Cc2ncnn2C(C)C)cc1OC. The summed E-state index contributed by atoms with van der Waals surface area (Å²) in [5.74, 6) is 2.25. The Hall–Kier alpha value is -2.08. The standard InChI is InChI=1S/C15H22N4O2/c1-10(2)19-15(17-9-18-19)8-12(16)11-5-6-13(20-3)14(7-11)21-4/h5-7,9-10,12H,8,16H2,1-4H3. The van der Waals surface area contributed by atoms with Gasteiger partial charge in [0.1, 0.15) is 12.2 Å². The summed E-state index contributed by atoms with van der Waals surface area (Å²) < 4.78 is 12.4. The molecule has 6 nitrogen and oxygen atoms in total. The molecule has 0 amide bonds. The van der Waals surface area contributed by atoms with Crippen molar-refractivity contribution in [1.29, 1.82) is 0 Å². The lowest BCUT2D eigenvalue weighted by Gasteiger charge is -2.16. The maximum Gasteiger partial charge on any atom is 0.161 e. The number of ether oxygens (including phenoxy) is 2. The van der Waals surface area contributed by atoms with Gasteiger partial charge >= 0.3 is 0 Å². The second-order valence-electron chi connectivity index (χ2n) is 5.14. The zero-order chi connectivity index (χ0) is 15.4. The first-order valence-corrected chi connectivity index (χ1v) is 6.92. The first-order chi connectivity index (χ1) is 10.1. The summed E-state index contributed by atoms with van der Waals surface area (Å²) in [6.07, 6.45) is 2.18. The van der Waals surface area contributed by atoms with E-state index in [1.54, 1.807) is 20.5 Å². The summed E-state index contributed by atoms with van der Waals surface area (Å²) in [6.45, 7) is 4.14. The van der Waals surface area contributed by atoms with Gasteiger partial charge in [-0.15, -0.1) is 0 Å². The molecule has 21 heavy (non-hydrogen) atoms. The molecule has 6 heteroatoms. The third kappa shape index (κ3) is 3.33. The molecule has 0 bridgehead atoms. The van der Waals surface area contributed by atoms with Gasteiger partial charge < -0.3 is 15.2 Å². The Morgan fingerprint density at radius 3 is 2.52 bits per heavy atom. The fourth-order valence-corrected chi connectivity index (χ4v) is 2.25. The van der Waals surface area contributed by atoms with E-state index in [9.17, 15) is 0 Å². The maximum atomic E-state index is 6.29. The lowest BCUT2D eigenvalue weighted by Crippen LogP contribution is -2.18. The molecule has 0 saturated carbocycles. The highest BCUT2D eigenvalue weighted by Gasteiger charge is 2.15. The third-order valence-corrected chi connectivity index (χ3v) is 3.37. The zero-order valence-electron chi connectivity index (χ0n) is 12.9. The van der Waals surface area contributed by atoms with Crippen LogP contribution in [-0.2, 0) is 6.42 Å². The van der Waals surface area contributed by atoms with Crippen LogP contribution in [0.3, 0.4) is 0 Å². The predicted octanol–water partition coefficient (Wildman–Crippen LogP) is 2.12. The Bertz CT molecular complexity index is 595. The topological polar surface area (TPSA) is 75.2 Å². The van der Waals surface area contributed by atoms with Gasteiger partial charge in [-0.05, 0) is 31.5 Å². The minimum Gasteiger partial charge on any atom is -0.493 e. The molecule has 0 aliphatic heterocycles. The van der Waals surface area contributed by atoms with E-state index >= 15 is 0 Å². The Morgan fingerprint density at radius 2 is 1.90 bits per heavy atom. The number of benzene rings is 1. The number of nitrogens with two attached hydrogens (primary N) is 1. The largest absolute Gasteiger partial charge is 0.493 e. The zero-order valence-corrected chi connectivity index (χ0v) is 12.9. The molecule has 1 heterocycles. The average Bonchev–Trinajstić information content (AvgIpc) is 2.94. The molecule has 2 rings (SSSR count). The molecule has 2 aromatic rings. The Kier molecular flexibility index (Phi) is 4.80. The van der Waals surface area contributed by atoms with E-state index in [1.165, 1.54) is 0 Å². The van der Waals surface area contributed by atoms with Gasteiger partial charge in [-0.25, -0.2) is 9.67 Å². The highest BCUT2D eigenvalue weighted by molar-refractivity contribution is 5.43. The minimum absolute atomic E-state index is 0.175. The Labute approximate surface area is 124 Å². The molecule has 0 saturated heterocycles. The van der Waals surface area contributed by atoms with Gasteiger partial charge in [0.15, 0.2) is 11.5 Å². The molecular formula is C15H22N4O2. The number of aromatic nitrogens is 3. The normalized spacial score (nSPS) is 12.5. The maximum absolute atomic E-state index is 6.29. The molecule has 0 spiro atoms. The van der Waals surface area contributed by atoms with Crippen LogP contribution in [0.1, 0.15) is 37.3 Å². The number of rotatable bonds is 6. The van der Waals surface area contributed by atoms with Gasteiger partial charge in [0.05, 0.1) is 14.2 Å². The summed E-state index contributed by atoms with van der Waals surface area (Å²) in [5.41, 5.74) is 7.27. The van der Waals surface area contributed by atoms with Crippen molar-refractivity contribution in [2.75, 3.05) is 14.2 Å². The second-order valence-corrected chi connectivity index (χ2v) is 5.14. The smallest absolute Gasteiger partial charge is 0.161 e. The van der Waals surface area contributed by atoms with Gasteiger partial charge in [0.2, 0.25) is 0 Å². The second kappa shape index (κ2) is 6.58. The van der Waals surface area contributed by atoms with E-state index in [1.807, 2.05) is 22.9 Å². The van der Waals surface area contributed by atoms with Crippen molar-refractivity contribution < 1.29 is 9.47 Å². The fourth-order valence-electron chi connectivity index (χ4n) is 2.25. The van der Waals surface area contributed by atoms with Crippen LogP contribution >= 0.6 is 0 Å². The summed E-state index contributed by atoms with van der Waals surface area (Å²) in [6, 6.07) is 5.80. The van der Waals surface area contributed by atoms with Crippen LogP contribution in [-0.4, -0.2) is 29.0 Å². The summed E-state index contributed by atoms with van der Waals surface area (Å²) in [7, 11) is 3.23. The van der Waals surface area contributed by atoms with Crippen molar-refractivity contribution in [3.8, 4) is 11.5 Å². The summed E-state index contributed by atoms with van der Waals surface area (Å²) in [5, 5.41) is 4.23. The van der Waals surface area contributed by atoms with E-state index in [4.69, 9.17) is 15.2 Å². The molecule has 0 aliphatic carbocycles. The van der Waals surface area contributed by atoms with E-state index in [-0.39, 0.29) is 12.1 Å². The highest BCUT2D eigenvalue weighted by atomic mass is 16.5. The molecule has 1 aromatic heterocycles. The van der Waals surface area contributed by atoms with Gasteiger partial charge in [-0.2, -0.15) is 5.10 Å². The van der Waals surface area contributed by atoms with Crippen LogP contribution < -0.4 is 15.2 Å². The van der Waals surface area contributed by atoms with E-state index in [0.29, 0.717) is 17.9 Å². The fraction of sp³-hybridized carbons (Fsp3) is 0.467. The van der Waals surface area contributed by atoms with E-state index in [2.05, 4.69) is 23.9 Å². The van der Waals surface area contributed by atoms with Crippen LogP contribution in [0.15, 0.2) is 24.5 Å². The number of hydrogen-bond acceptors (Lipinski definition) is 5. The van der Waals surface area contributed by atoms with Crippen LogP contribution in [0.2, 0.25) is 0 Å². The van der Waals surface area contributed by atoms with Gasteiger partial charge in [-0.3, -0.25) is 0 Å². The molecule has 114 valence electrons. The monoisotopic (exact) mass is 290 g/mol. The van der Waals surface area contributed by atoms with Crippen LogP contribution in [0.25, 0.3) is 0 Å². The molecule has 1 unspecified atom stereocenters. The van der Waals surface area contributed by atoms with Crippen LogP contribution in [0.4, 0.5) is 0 Å². The lowest BCUT2D eigenvalue weighted by atomic mass is 10.0. The average molecular weight is 290 g/mol. The Balaban J connectivity index is 2.20. The van der Waals surface area contributed by atoms with Crippen molar-refractivity contribution in [1.82, 2.24) is 14.8 Å². The lowest BCUT2D eigenvalue weighted by molar-refractivity contribution is 0.354. The summed E-state index contributed by atoms with van der Waals surface area (Å²) >= 11 is 0. The van der Waals surface area contributed by atoms with E-state index in [0.717, 1.165) is 11.4 Å². The van der Waals surface area contributed by atoms with Crippen molar-refractivity contribution in [2.24, 2.45) is 5.73 Å². The van der Waals surface area contributed by atoms with Crippen molar-refractivity contribution in [2.45, 2.75) is 32.4 Å². The quantitative estimate of drug-likeness (QED) is 0.882. The molecule has 1 aromatic carbocycles. The predicted molar refractivity (Wildman–Crippen MR) is 80.6 cm³/mol. The van der Waals surface area contributed by atoms with Crippen LogP contribution in [0, 0.1) is 0 Å². The first-order valence-electron chi connectivity index (χ1n) is 6.92. The molecule has 0 aliphatic rings. The minimum atomic E-state index is -0.175. The van der Waals surface area contributed by atoms with Gasteiger partial charge in [0.25, 0.3) is 0 Å².